The van der Waals surface area contributed by atoms with Crippen molar-refractivity contribution in [1.82, 2.24) is 0 Å². The van der Waals surface area contributed by atoms with Gasteiger partial charge in [0.2, 0.25) is 28.5 Å². The van der Waals surface area contributed by atoms with Crippen LogP contribution in [0.5, 0.6) is 0 Å². The van der Waals surface area contributed by atoms with Crippen LogP contribution in [0.25, 0.3) is 56.3 Å². The Labute approximate surface area is 548 Å². The van der Waals surface area contributed by atoms with Crippen molar-refractivity contribution >= 4 is 0 Å². The van der Waals surface area contributed by atoms with Crippen molar-refractivity contribution < 1.29 is 74.9 Å². The summed E-state index contributed by atoms with van der Waals surface area (Å²) in [7, 11) is 8.01. The lowest BCUT2D eigenvalue weighted by atomic mass is 9.97. The second-order valence-corrected chi connectivity index (χ2v) is 19.7. The minimum absolute atomic E-state index is 0.0172. The van der Waals surface area contributed by atoms with E-state index in [0.717, 1.165) is 33.6 Å². The molecule has 422 valence electrons. The zero-order chi connectivity index (χ0) is 92.6. The van der Waals surface area contributed by atoms with Gasteiger partial charge in [0.05, 0.1) is 19.2 Å². The van der Waals surface area contributed by atoms with Crippen molar-refractivity contribution in [2.45, 2.75) is 117 Å². The second kappa shape index (κ2) is 28.0. The molecule has 0 aliphatic heterocycles. The number of aromatic nitrogens is 5. The van der Waals surface area contributed by atoms with Gasteiger partial charge in [0.15, 0.2) is 30.9 Å². The summed E-state index contributed by atoms with van der Waals surface area (Å²) >= 11 is 0. The molecule has 0 atom stereocenters. The Morgan fingerprint density at radius 1 is 0.317 bits per heavy atom. The number of benzene rings is 5. The highest BCUT2D eigenvalue weighted by Crippen LogP contribution is 2.28. The standard InChI is InChI=1S/2C16H20N.3C15H18N/c1-11-6-7-15(13(3)8-11)16-9-12(2)14(4)10-17(16)5;1-11-6-7-15(13(3)10-11)16-14(4)12(2)8-9-17(16)5;1-11-5-7-13(3)14(9-11)15-8-6-12(2)10-16(15)4;1-11-9-13(3)14(10-12(11)2)15-7-5-6-8-16(15)4;1-11-7-5-6-8-14(11)15-9-12(2)13(3)10-16(15)4/h2*6-10H,1-5H3;3*5-10H,1-4H3/q5*+1/i1D3,4D3;1D3,2D3;2D3,5D,6D,7D,9D,10D;1D3,5D,6D,7D,8D,9D,10D;3D3,5D,6D,7D,8D,9D,10D. The Bertz CT molecular complexity index is 5410. The third kappa shape index (κ3) is 15.8. The zero-order valence-corrected chi connectivity index (χ0v) is 49.1. The monoisotopic (exact) mass is 1130 g/mol. The number of aryl methyl sites for hydroxylation is 9. The molecule has 82 heavy (non-hydrogen) atoms. The van der Waals surface area contributed by atoms with Gasteiger partial charge in [-0.3, -0.25) is 0 Å². The summed E-state index contributed by atoms with van der Waals surface area (Å²) in [6.45, 7) is 0.0341. The van der Waals surface area contributed by atoms with E-state index in [9.17, 15) is 0 Å². The van der Waals surface area contributed by atoms with Crippen LogP contribution in [0.4, 0.5) is 0 Å². The van der Waals surface area contributed by atoms with E-state index in [1.165, 1.54) is 68.6 Å². The summed E-state index contributed by atoms with van der Waals surface area (Å²) in [6, 6.07) is 11.4. The van der Waals surface area contributed by atoms with Crippen LogP contribution in [0.3, 0.4) is 0 Å². The fourth-order valence-corrected chi connectivity index (χ4v) is 8.59. The van der Waals surface area contributed by atoms with E-state index in [0.29, 0.717) is 50.2 Å². The summed E-state index contributed by atoms with van der Waals surface area (Å²) in [5, 5.41) is 0. The first-order valence-electron chi connectivity index (χ1n) is 44.8. The quantitative estimate of drug-likeness (QED) is 0.153. The van der Waals surface area contributed by atoms with Gasteiger partial charge in [-0.05, 0) is 215 Å². The number of pyridine rings is 5. The van der Waals surface area contributed by atoms with Crippen LogP contribution in [-0.4, -0.2) is 0 Å². The number of hydrogen-bond donors (Lipinski definition) is 0. The maximum atomic E-state index is 8.38. The van der Waals surface area contributed by atoms with Crippen molar-refractivity contribution in [2.24, 2.45) is 35.2 Å². The highest BCUT2D eigenvalue weighted by atomic mass is 14.9. The average Bonchev–Trinajstić information content (AvgIpc) is 0.747. The van der Waals surface area contributed by atoms with Crippen LogP contribution in [0.2, 0.25) is 0 Å². The normalized spacial score (nSPS) is 18.3. The van der Waals surface area contributed by atoms with E-state index in [2.05, 4.69) is 0 Å². The lowest BCUT2D eigenvalue weighted by molar-refractivity contribution is -0.660. The van der Waals surface area contributed by atoms with E-state index >= 15 is 0 Å². The van der Waals surface area contributed by atoms with Crippen LogP contribution in [-0.2, 0) is 35.2 Å². The maximum Gasteiger partial charge on any atom is 0.215 e. The van der Waals surface area contributed by atoms with Gasteiger partial charge in [-0.2, -0.15) is 0 Å². The van der Waals surface area contributed by atoms with Gasteiger partial charge in [0, 0.05) is 115 Å². The molecule has 5 aromatic heterocycles. The Morgan fingerprint density at radius 3 is 1.61 bits per heavy atom. The van der Waals surface area contributed by atoms with Crippen LogP contribution < -0.4 is 22.8 Å². The number of rotatable bonds is 5. The van der Waals surface area contributed by atoms with Gasteiger partial charge >= 0.3 is 0 Å². The zero-order valence-electron chi connectivity index (χ0n) is 87.1. The molecule has 0 aliphatic carbocycles. The van der Waals surface area contributed by atoms with Crippen LogP contribution >= 0.6 is 0 Å². The van der Waals surface area contributed by atoms with Crippen molar-refractivity contribution in [2.75, 3.05) is 0 Å². The molecule has 0 amide bonds. The van der Waals surface area contributed by atoms with Crippen LogP contribution in [0.15, 0.2) is 170 Å². The molecule has 0 aliphatic rings. The summed E-state index contributed by atoms with van der Waals surface area (Å²) < 4.78 is 303. The Hall–Kier alpha value is -8.15. The molecule has 0 N–H and O–H groups in total. The van der Waals surface area contributed by atoms with Gasteiger partial charge in [-0.15, -0.1) is 0 Å². The molecule has 0 saturated carbocycles. The average molecular weight is 1130 g/mol. The molecule has 0 spiro atoms. The fourth-order valence-electron chi connectivity index (χ4n) is 8.59. The molecule has 5 aromatic carbocycles. The molecule has 10 aromatic rings. The van der Waals surface area contributed by atoms with Crippen molar-refractivity contribution in [3.63, 3.8) is 0 Å². The molecule has 0 saturated heterocycles. The maximum absolute atomic E-state index is 8.38. The molecule has 0 unspecified atom stereocenters. The molecule has 5 nitrogen and oxygen atoms in total. The van der Waals surface area contributed by atoms with Crippen molar-refractivity contribution in [3.8, 4) is 56.3 Å². The topological polar surface area (TPSA) is 19.4 Å². The van der Waals surface area contributed by atoms with E-state index in [1.807, 2.05) is 31.5 Å². The Balaban J connectivity index is 0.000000233. The van der Waals surface area contributed by atoms with E-state index in [1.54, 1.807) is 94.2 Å². The minimum Gasteiger partial charge on any atom is -0.201 e. The molecular weight excluding hydrogens is 995 g/mol. The molecule has 0 radical (unpaired) electrons. The number of hydrogen-bond acceptors (Lipinski definition) is 0. The predicted molar refractivity (Wildman–Crippen MR) is 346 cm³/mol. The van der Waals surface area contributed by atoms with E-state index in [4.69, 9.17) is 52.1 Å². The first kappa shape index (κ1) is 28.7. The van der Waals surface area contributed by atoms with Gasteiger partial charge < -0.3 is 0 Å². The fraction of sp³-hybridized carbons (Fsp3) is 0.286. The molecule has 0 bridgehead atoms. The minimum atomic E-state index is -2.58. The summed E-state index contributed by atoms with van der Waals surface area (Å²) in [4.78, 5) is 0. The first-order valence-corrected chi connectivity index (χ1v) is 25.8. The molecule has 5 heterocycles. The molecule has 5 heteroatoms. The molecule has 10 rings (SSSR count). The summed E-state index contributed by atoms with van der Waals surface area (Å²) in [6.07, 6.45) is 2.42. The predicted octanol–water partition coefficient (Wildman–Crippen LogP) is 16.1. The van der Waals surface area contributed by atoms with Crippen molar-refractivity contribution in [3.05, 3.63) is 265 Å². The largest absolute Gasteiger partial charge is 0.215 e. The Morgan fingerprint density at radius 2 is 0.939 bits per heavy atom. The van der Waals surface area contributed by atoms with E-state index < -0.39 is 66.1 Å². The van der Waals surface area contributed by atoms with Gasteiger partial charge in [0.1, 0.15) is 39.4 Å². The molecular formula is C77H94N5+5. The molecule has 0 fully saturated rings. The summed E-state index contributed by atoms with van der Waals surface area (Å²) in [5.41, 5.74) is 9.25. The first-order chi connectivity index (χ1) is 54.4. The lowest BCUT2D eigenvalue weighted by Crippen LogP contribution is -2.32. The van der Waals surface area contributed by atoms with Crippen molar-refractivity contribution in [1.29, 1.82) is 0 Å². The summed E-state index contributed by atoms with van der Waals surface area (Å²) in [5.74, 6) is 0. The van der Waals surface area contributed by atoms with Gasteiger partial charge in [-0.25, -0.2) is 22.8 Å². The van der Waals surface area contributed by atoms with Gasteiger partial charge in [-0.1, -0.05) is 77.2 Å². The van der Waals surface area contributed by atoms with E-state index in [-0.39, 0.29) is 152 Å². The second-order valence-electron chi connectivity index (χ2n) is 19.7. The highest BCUT2D eigenvalue weighted by molar-refractivity contribution is 5.67. The SMILES string of the molecule is [2H]C([2H])([2H])c1ccc(-c2c(C)c(C([2H])([2H])[2H])cc[n+]2C)c(C)c1.[2H]C([2H])([2H])c1ccc(-c2cc(C)c(C([2H])([2H])[2H])c[n+]2C)c(C)c1.[2H]c1c([2H])c([2H])[n+](C)c(-c2c([2H])c(C)c(C([2H])([2H])[2H])c([2H])c2C)c1[2H].[2H]c1c([2H])c([2H])c(-c2c([2H])c(C)c(C([2H])([2H])[2H])c([2H])[n+]2C)c(C)c1[2H].[2H]c1cc(-c2c([2H])c(C)c([2H])c([2H])c2C)[n+](C)c([2H])c1C([2H])([2H])[2H]. The smallest absolute Gasteiger partial charge is 0.201 e. The van der Waals surface area contributed by atoms with Gasteiger partial charge in [0.25, 0.3) is 0 Å². The lowest BCUT2D eigenvalue weighted by Gasteiger charge is -2.09. The number of nitrogens with zero attached hydrogens (tertiary/aromatic N) is 5. The van der Waals surface area contributed by atoms with Crippen LogP contribution in [0, 0.1) is 117 Å². The third-order valence-electron chi connectivity index (χ3n) is 13.2. The Kier molecular flexibility index (Phi) is 9.81. The third-order valence-corrected chi connectivity index (χ3v) is 13.2. The van der Waals surface area contributed by atoms with Crippen LogP contribution in [0.1, 0.15) is 147 Å². The highest BCUT2D eigenvalue weighted by Gasteiger charge is 2.19.